The molecular weight excluding hydrogens is 226 g/mol. The zero-order chi connectivity index (χ0) is 12.8. The number of aliphatic carboxylic acids is 1. The largest absolute Gasteiger partial charge is 0.480 e. The van der Waals surface area contributed by atoms with E-state index in [1.165, 1.54) is 0 Å². The molecule has 0 aliphatic carbocycles. The summed E-state index contributed by atoms with van der Waals surface area (Å²) in [4.78, 5) is 21.4. The molecule has 2 N–H and O–H groups in total. The van der Waals surface area contributed by atoms with Crippen LogP contribution in [0.2, 0.25) is 0 Å². The molecule has 1 amide bonds. The van der Waals surface area contributed by atoms with E-state index >= 15 is 0 Å². The molecule has 0 radical (unpaired) electrons. The molecule has 0 saturated carbocycles. The van der Waals surface area contributed by atoms with Crippen molar-refractivity contribution in [2.24, 2.45) is 7.05 Å². The summed E-state index contributed by atoms with van der Waals surface area (Å²) in [5.74, 6) is -1.45. The number of nitrogens with one attached hydrogen (secondary N) is 1. The summed E-state index contributed by atoms with van der Waals surface area (Å²) in [7, 11) is 1.80. The third kappa shape index (κ3) is 4.64. The van der Waals surface area contributed by atoms with E-state index < -0.39 is 12.6 Å². The summed E-state index contributed by atoms with van der Waals surface area (Å²) in [6, 6.07) is 0. The van der Waals surface area contributed by atoms with Crippen molar-refractivity contribution in [2.45, 2.75) is 13.5 Å². The maximum atomic E-state index is 11.3. The van der Waals surface area contributed by atoms with Crippen molar-refractivity contribution in [3.63, 3.8) is 0 Å². The van der Waals surface area contributed by atoms with E-state index in [1.54, 1.807) is 11.7 Å². The lowest BCUT2D eigenvalue weighted by molar-refractivity contribution is -0.143. The minimum Gasteiger partial charge on any atom is -0.480 e. The highest BCUT2D eigenvalue weighted by Crippen LogP contribution is 2.03. The number of hydrogen-bond acceptors (Lipinski definition) is 4. The van der Waals surface area contributed by atoms with Crippen molar-refractivity contribution >= 4 is 11.9 Å². The Labute approximate surface area is 98.4 Å². The molecule has 1 aromatic rings. The molecule has 0 atom stereocenters. The fraction of sp³-hybridized carbons (Fsp3) is 0.500. The number of carbonyl (C=O) groups excluding carboxylic acids is 1. The molecule has 17 heavy (non-hydrogen) atoms. The van der Waals surface area contributed by atoms with Gasteiger partial charge in [-0.25, -0.2) is 4.79 Å². The second-order valence-electron chi connectivity index (χ2n) is 3.58. The quantitative estimate of drug-likeness (QED) is 0.696. The van der Waals surface area contributed by atoms with Gasteiger partial charge in [-0.3, -0.25) is 9.48 Å². The second-order valence-corrected chi connectivity index (χ2v) is 3.58. The molecule has 0 saturated heterocycles. The number of ether oxygens (including phenoxy) is 1. The summed E-state index contributed by atoms with van der Waals surface area (Å²) < 4.78 is 6.31. The zero-order valence-corrected chi connectivity index (χ0v) is 9.77. The van der Waals surface area contributed by atoms with Crippen LogP contribution in [0.15, 0.2) is 6.20 Å². The fourth-order valence-electron chi connectivity index (χ4n) is 1.30. The first-order chi connectivity index (χ1) is 7.99. The van der Waals surface area contributed by atoms with Gasteiger partial charge in [-0.2, -0.15) is 5.10 Å². The van der Waals surface area contributed by atoms with Crippen LogP contribution in [0.1, 0.15) is 11.3 Å². The van der Waals surface area contributed by atoms with Gasteiger partial charge in [-0.1, -0.05) is 0 Å². The van der Waals surface area contributed by atoms with Crippen LogP contribution in [0.4, 0.5) is 0 Å². The predicted octanol–water partition coefficient (Wildman–Crippen LogP) is -0.554. The molecular formula is C10H15N3O4. The van der Waals surface area contributed by atoms with Crippen LogP contribution in [0.25, 0.3) is 0 Å². The van der Waals surface area contributed by atoms with Gasteiger partial charge in [0.15, 0.2) is 0 Å². The first kappa shape index (κ1) is 13.2. The van der Waals surface area contributed by atoms with Gasteiger partial charge in [0.2, 0.25) is 5.91 Å². The van der Waals surface area contributed by atoms with Crippen LogP contribution in [0.5, 0.6) is 0 Å². The van der Waals surface area contributed by atoms with E-state index in [2.05, 4.69) is 15.2 Å². The molecule has 0 aliphatic heterocycles. The van der Waals surface area contributed by atoms with Gasteiger partial charge in [-0.05, 0) is 6.92 Å². The Balaban J connectivity index is 2.28. The monoisotopic (exact) mass is 241 g/mol. The number of amides is 1. The van der Waals surface area contributed by atoms with Crippen LogP contribution < -0.4 is 5.32 Å². The van der Waals surface area contributed by atoms with Crippen LogP contribution in [-0.2, 0) is 27.9 Å². The number of aryl methyl sites for hydroxylation is 2. The Morgan fingerprint density at radius 1 is 1.53 bits per heavy atom. The lowest BCUT2D eigenvalue weighted by atomic mass is 10.2. The molecule has 1 heterocycles. The van der Waals surface area contributed by atoms with E-state index in [9.17, 15) is 9.59 Å². The Bertz CT molecular complexity index is 414. The number of carboxylic acids is 1. The first-order valence-electron chi connectivity index (χ1n) is 5.04. The Kier molecular flexibility index (Phi) is 4.65. The molecule has 0 bridgehead atoms. The Morgan fingerprint density at radius 2 is 2.24 bits per heavy atom. The van der Waals surface area contributed by atoms with Gasteiger partial charge < -0.3 is 15.2 Å². The van der Waals surface area contributed by atoms with Gasteiger partial charge in [0.25, 0.3) is 0 Å². The van der Waals surface area contributed by atoms with Gasteiger partial charge in [0.05, 0.1) is 5.69 Å². The van der Waals surface area contributed by atoms with Crippen molar-refractivity contribution < 1.29 is 19.4 Å². The highest BCUT2D eigenvalue weighted by molar-refractivity contribution is 5.77. The smallest absolute Gasteiger partial charge is 0.329 e. The number of aromatic nitrogens is 2. The number of nitrogens with zero attached hydrogens (tertiary/aromatic N) is 2. The molecule has 94 valence electrons. The standard InChI is InChI=1S/C10H15N3O4/c1-7-8(4-13(2)12-7)3-11-9(14)5-17-6-10(15)16/h4H,3,5-6H2,1-2H3,(H,11,14)(H,15,16). The normalized spacial score (nSPS) is 10.2. The minimum atomic E-state index is -1.10. The highest BCUT2D eigenvalue weighted by Gasteiger charge is 2.06. The lowest BCUT2D eigenvalue weighted by Gasteiger charge is -2.04. The van der Waals surface area contributed by atoms with Crippen molar-refractivity contribution in [3.05, 3.63) is 17.5 Å². The van der Waals surface area contributed by atoms with Crippen LogP contribution >= 0.6 is 0 Å². The van der Waals surface area contributed by atoms with Gasteiger partial charge in [0.1, 0.15) is 13.2 Å². The van der Waals surface area contributed by atoms with Crippen molar-refractivity contribution in [1.82, 2.24) is 15.1 Å². The fourth-order valence-corrected chi connectivity index (χ4v) is 1.30. The van der Waals surface area contributed by atoms with E-state index in [1.807, 2.05) is 13.1 Å². The SMILES string of the molecule is Cc1nn(C)cc1CNC(=O)COCC(=O)O. The van der Waals surface area contributed by atoms with Gasteiger partial charge in [-0.15, -0.1) is 0 Å². The maximum Gasteiger partial charge on any atom is 0.329 e. The van der Waals surface area contributed by atoms with Crippen LogP contribution in [0, 0.1) is 6.92 Å². The Morgan fingerprint density at radius 3 is 2.76 bits per heavy atom. The average molecular weight is 241 g/mol. The summed E-state index contributed by atoms with van der Waals surface area (Å²) in [5.41, 5.74) is 1.76. The minimum absolute atomic E-state index is 0.258. The van der Waals surface area contributed by atoms with Gasteiger partial charge >= 0.3 is 5.97 Å². The number of carbonyl (C=O) groups is 2. The molecule has 7 heteroatoms. The molecule has 0 aromatic carbocycles. The number of hydrogen-bond donors (Lipinski definition) is 2. The molecule has 0 fully saturated rings. The van der Waals surface area contributed by atoms with E-state index in [-0.39, 0.29) is 12.5 Å². The van der Waals surface area contributed by atoms with E-state index in [4.69, 9.17) is 5.11 Å². The molecule has 0 spiro atoms. The molecule has 1 aromatic heterocycles. The molecule has 0 unspecified atom stereocenters. The third-order valence-electron chi connectivity index (χ3n) is 2.05. The summed E-state index contributed by atoms with van der Waals surface area (Å²) in [6.07, 6.45) is 1.81. The molecule has 0 aliphatic rings. The van der Waals surface area contributed by atoms with Crippen LogP contribution in [-0.4, -0.2) is 40.0 Å². The summed E-state index contributed by atoms with van der Waals surface area (Å²) in [5, 5.41) is 15.1. The zero-order valence-electron chi connectivity index (χ0n) is 9.77. The topological polar surface area (TPSA) is 93.5 Å². The predicted molar refractivity (Wildman–Crippen MR) is 58.2 cm³/mol. The number of rotatable bonds is 6. The van der Waals surface area contributed by atoms with Crippen molar-refractivity contribution in [3.8, 4) is 0 Å². The summed E-state index contributed by atoms with van der Waals surface area (Å²) in [6.45, 7) is 1.47. The lowest BCUT2D eigenvalue weighted by Crippen LogP contribution is -2.28. The van der Waals surface area contributed by atoms with E-state index in [0.29, 0.717) is 6.54 Å². The second kappa shape index (κ2) is 6.00. The summed E-state index contributed by atoms with van der Waals surface area (Å²) >= 11 is 0. The van der Waals surface area contributed by atoms with Crippen molar-refractivity contribution in [2.75, 3.05) is 13.2 Å². The van der Waals surface area contributed by atoms with Crippen LogP contribution in [0.3, 0.4) is 0 Å². The Hall–Kier alpha value is -1.89. The average Bonchev–Trinajstić information content (AvgIpc) is 2.54. The van der Waals surface area contributed by atoms with Crippen molar-refractivity contribution in [1.29, 1.82) is 0 Å². The van der Waals surface area contributed by atoms with E-state index in [0.717, 1.165) is 11.3 Å². The number of carboxylic acid groups (broad SMARTS) is 1. The first-order valence-corrected chi connectivity index (χ1v) is 5.04. The molecule has 7 nitrogen and oxygen atoms in total. The maximum absolute atomic E-state index is 11.3. The molecule has 1 rings (SSSR count). The third-order valence-corrected chi connectivity index (χ3v) is 2.05. The van der Waals surface area contributed by atoms with Gasteiger partial charge in [0, 0.05) is 25.4 Å². The highest BCUT2D eigenvalue weighted by atomic mass is 16.5.